The number of aliphatic hydroxyl groups is 1. The minimum Gasteiger partial charge on any atom is -0.386 e. The van der Waals surface area contributed by atoms with E-state index < -0.39 is 5.60 Å². The maximum atomic E-state index is 10.2. The molecule has 15 heavy (non-hydrogen) atoms. The summed E-state index contributed by atoms with van der Waals surface area (Å²) in [6.45, 7) is 5.78. The highest BCUT2D eigenvalue weighted by atomic mass is 16.3. The summed E-state index contributed by atoms with van der Waals surface area (Å²) in [7, 11) is 0. The summed E-state index contributed by atoms with van der Waals surface area (Å²) in [5.74, 6) is 0.551. The number of pyridine rings is 1. The zero-order valence-corrected chi connectivity index (χ0v) is 9.35. The van der Waals surface area contributed by atoms with Crippen molar-refractivity contribution in [1.29, 1.82) is 0 Å². The van der Waals surface area contributed by atoms with Crippen LogP contribution >= 0.6 is 0 Å². The van der Waals surface area contributed by atoms with Crippen LogP contribution in [-0.4, -0.2) is 28.8 Å². The van der Waals surface area contributed by atoms with Crippen LogP contribution < -0.4 is 4.90 Å². The fourth-order valence-corrected chi connectivity index (χ4v) is 2.29. The second-order valence-electron chi connectivity index (χ2n) is 4.88. The number of hydrogen-bond acceptors (Lipinski definition) is 3. The largest absolute Gasteiger partial charge is 0.386 e. The minimum atomic E-state index is -0.475. The molecule has 3 nitrogen and oxygen atoms in total. The van der Waals surface area contributed by atoms with Crippen molar-refractivity contribution in [1.82, 2.24) is 4.98 Å². The number of hydrogen-bond donors (Lipinski definition) is 1. The topological polar surface area (TPSA) is 36.4 Å². The molecule has 1 fully saturated rings. The second-order valence-corrected chi connectivity index (χ2v) is 4.88. The van der Waals surface area contributed by atoms with Crippen LogP contribution in [0.3, 0.4) is 0 Å². The molecule has 1 aromatic heterocycles. The van der Waals surface area contributed by atoms with E-state index in [0.29, 0.717) is 5.92 Å². The highest BCUT2D eigenvalue weighted by molar-refractivity contribution is 5.48. The second kappa shape index (κ2) is 3.81. The molecule has 0 amide bonds. The number of nitrogens with zero attached hydrogens (tertiary/aromatic N) is 2. The first kappa shape index (κ1) is 10.4. The average molecular weight is 206 g/mol. The molecule has 1 N–H and O–H groups in total. The Morgan fingerprint density at radius 2 is 2.00 bits per heavy atom. The average Bonchev–Trinajstić information content (AvgIpc) is 2.14. The van der Waals surface area contributed by atoms with E-state index in [1.54, 1.807) is 12.4 Å². The Kier molecular flexibility index (Phi) is 2.65. The van der Waals surface area contributed by atoms with Gasteiger partial charge in [0.2, 0.25) is 0 Å². The Bertz CT molecular complexity index is 318. The van der Waals surface area contributed by atoms with Gasteiger partial charge in [-0.15, -0.1) is 0 Å². The first-order chi connectivity index (χ1) is 7.09. The van der Waals surface area contributed by atoms with E-state index in [9.17, 15) is 5.11 Å². The molecule has 0 aromatic carbocycles. The summed E-state index contributed by atoms with van der Waals surface area (Å²) in [6, 6.07) is 3.96. The molecule has 0 aliphatic carbocycles. The fourth-order valence-electron chi connectivity index (χ4n) is 2.29. The van der Waals surface area contributed by atoms with Crippen LogP contribution in [0.1, 0.15) is 20.3 Å². The lowest BCUT2D eigenvalue weighted by atomic mass is 9.85. The van der Waals surface area contributed by atoms with Crippen molar-refractivity contribution in [2.45, 2.75) is 25.9 Å². The van der Waals surface area contributed by atoms with Crippen molar-refractivity contribution in [2.24, 2.45) is 5.92 Å². The quantitative estimate of drug-likeness (QED) is 0.817. The van der Waals surface area contributed by atoms with E-state index in [-0.39, 0.29) is 0 Å². The van der Waals surface area contributed by atoms with Gasteiger partial charge in [-0.05, 0) is 24.5 Å². The lowest BCUT2D eigenvalue weighted by molar-refractivity contribution is -0.00657. The smallest absolute Gasteiger partial charge is 0.0997 e. The van der Waals surface area contributed by atoms with Crippen molar-refractivity contribution in [2.75, 3.05) is 18.0 Å². The van der Waals surface area contributed by atoms with Gasteiger partial charge in [-0.25, -0.2) is 0 Å². The van der Waals surface area contributed by atoms with Crippen LogP contribution in [-0.2, 0) is 0 Å². The zero-order valence-electron chi connectivity index (χ0n) is 9.35. The molecule has 3 heteroatoms. The molecule has 1 aliphatic heterocycles. The van der Waals surface area contributed by atoms with E-state index >= 15 is 0 Å². The third-order valence-electron chi connectivity index (χ3n) is 2.79. The molecule has 0 saturated carbocycles. The maximum Gasteiger partial charge on any atom is 0.0997 e. The van der Waals surface area contributed by atoms with Crippen molar-refractivity contribution in [3.05, 3.63) is 24.5 Å². The summed E-state index contributed by atoms with van der Waals surface area (Å²) in [5.41, 5.74) is 0.677. The molecule has 0 atom stereocenters. The molecule has 1 saturated heterocycles. The van der Waals surface area contributed by atoms with Crippen LogP contribution in [0.4, 0.5) is 5.69 Å². The molecule has 1 aliphatic rings. The summed E-state index contributed by atoms with van der Waals surface area (Å²) >= 11 is 0. The molecule has 0 bridgehead atoms. The molecular weight excluding hydrogens is 188 g/mol. The van der Waals surface area contributed by atoms with Gasteiger partial charge in [-0.2, -0.15) is 0 Å². The van der Waals surface area contributed by atoms with Crippen molar-refractivity contribution in [3.8, 4) is 0 Å². The number of rotatable bonds is 3. The SMILES string of the molecule is CC(C)CC1(O)CN(c2ccncc2)C1. The van der Waals surface area contributed by atoms with Crippen LogP contribution in [0, 0.1) is 5.92 Å². The first-order valence-electron chi connectivity index (χ1n) is 5.46. The van der Waals surface area contributed by atoms with Crippen LogP contribution in [0.2, 0.25) is 0 Å². The lowest BCUT2D eigenvalue weighted by Gasteiger charge is -2.48. The van der Waals surface area contributed by atoms with Crippen LogP contribution in [0.15, 0.2) is 24.5 Å². The zero-order chi connectivity index (χ0) is 10.9. The Morgan fingerprint density at radius 3 is 2.53 bits per heavy atom. The number of anilines is 1. The van der Waals surface area contributed by atoms with Gasteiger partial charge in [0.05, 0.1) is 5.60 Å². The van der Waals surface area contributed by atoms with Crippen molar-refractivity contribution in [3.63, 3.8) is 0 Å². The summed E-state index contributed by atoms with van der Waals surface area (Å²) in [6.07, 6.45) is 4.46. The molecule has 82 valence electrons. The first-order valence-corrected chi connectivity index (χ1v) is 5.46. The highest BCUT2D eigenvalue weighted by Gasteiger charge is 2.41. The van der Waals surface area contributed by atoms with Gasteiger partial charge in [0, 0.05) is 31.2 Å². The van der Waals surface area contributed by atoms with Gasteiger partial charge in [0.15, 0.2) is 0 Å². The minimum absolute atomic E-state index is 0.475. The monoisotopic (exact) mass is 206 g/mol. The molecule has 0 radical (unpaired) electrons. The fraction of sp³-hybridized carbons (Fsp3) is 0.583. The Balaban J connectivity index is 1.93. The Labute approximate surface area is 90.8 Å². The molecule has 0 spiro atoms. The summed E-state index contributed by atoms with van der Waals surface area (Å²) in [5, 5.41) is 10.2. The van der Waals surface area contributed by atoms with Crippen LogP contribution in [0.25, 0.3) is 0 Å². The van der Waals surface area contributed by atoms with Crippen molar-refractivity contribution >= 4 is 5.69 Å². The predicted molar refractivity (Wildman–Crippen MR) is 60.9 cm³/mol. The molecule has 2 rings (SSSR count). The molecule has 1 aromatic rings. The number of aromatic nitrogens is 1. The predicted octanol–water partition coefficient (Wildman–Crippen LogP) is 1.68. The molecule has 2 heterocycles. The Morgan fingerprint density at radius 1 is 1.40 bits per heavy atom. The van der Waals surface area contributed by atoms with Gasteiger partial charge >= 0.3 is 0 Å². The molecular formula is C12H18N2O. The maximum absolute atomic E-state index is 10.2. The van der Waals surface area contributed by atoms with E-state index in [2.05, 4.69) is 23.7 Å². The normalized spacial score (nSPS) is 19.1. The summed E-state index contributed by atoms with van der Waals surface area (Å²) in [4.78, 5) is 6.17. The van der Waals surface area contributed by atoms with E-state index in [1.165, 1.54) is 0 Å². The van der Waals surface area contributed by atoms with Gasteiger partial charge in [-0.3, -0.25) is 4.98 Å². The third kappa shape index (κ3) is 2.29. The van der Waals surface area contributed by atoms with Crippen LogP contribution in [0.5, 0.6) is 0 Å². The standard InChI is InChI=1S/C12H18N2O/c1-10(2)7-12(15)8-14(9-12)11-3-5-13-6-4-11/h3-6,10,15H,7-9H2,1-2H3. The summed E-state index contributed by atoms with van der Waals surface area (Å²) < 4.78 is 0. The van der Waals surface area contributed by atoms with Gasteiger partial charge in [0.1, 0.15) is 0 Å². The van der Waals surface area contributed by atoms with Gasteiger partial charge < -0.3 is 10.0 Å². The van der Waals surface area contributed by atoms with E-state index in [0.717, 1.165) is 25.2 Å². The van der Waals surface area contributed by atoms with E-state index in [4.69, 9.17) is 0 Å². The molecule has 0 unspecified atom stereocenters. The highest BCUT2D eigenvalue weighted by Crippen LogP contribution is 2.31. The van der Waals surface area contributed by atoms with Crippen molar-refractivity contribution < 1.29 is 5.11 Å². The van der Waals surface area contributed by atoms with Gasteiger partial charge in [-0.1, -0.05) is 13.8 Å². The van der Waals surface area contributed by atoms with Gasteiger partial charge in [0.25, 0.3) is 0 Å². The lowest BCUT2D eigenvalue weighted by Crippen LogP contribution is -2.62. The third-order valence-corrected chi connectivity index (χ3v) is 2.79. The van der Waals surface area contributed by atoms with E-state index in [1.807, 2.05) is 12.1 Å². The Hall–Kier alpha value is -1.09. The number of β-amino-alcohol motifs (C(OH)–C–C–N with tert-alkyl or cyclic N) is 1.